The van der Waals surface area contributed by atoms with Gasteiger partial charge in [0.25, 0.3) is 0 Å². The van der Waals surface area contributed by atoms with Gasteiger partial charge in [-0.15, -0.1) is 0 Å². The molecule has 3 aromatic rings. The number of hydrogen-bond donors (Lipinski definition) is 2. The highest BCUT2D eigenvalue weighted by molar-refractivity contribution is 5.84. The number of carbonyl (C=O) groups excluding carboxylic acids is 1. The number of hydrazone groups is 1. The molecule has 0 atom stereocenters. The summed E-state index contributed by atoms with van der Waals surface area (Å²) in [7, 11) is 0. The highest BCUT2D eigenvalue weighted by Gasteiger charge is 2.22. The van der Waals surface area contributed by atoms with Crippen LogP contribution in [-0.4, -0.2) is 30.1 Å². The molecule has 3 aromatic carbocycles. The minimum atomic E-state index is -1.24. The van der Waals surface area contributed by atoms with Crippen LogP contribution in [0, 0.1) is 0 Å². The summed E-state index contributed by atoms with van der Waals surface area (Å²) in [6, 6.07) is 22.5. The van der Waals surface area contributed by atoms with Crippen molar-refractivity contribution in [1.29, 1.82) is 0 Å². The molecule has 0 aliphatic carbocycles. The highest BCUT2D eigenvalue weighted by atomic mass is 16.7. The van der Waals surface area contributed by atoms with E-state index >= 15 is 0 Å². The van der Waals surface area contributed by atoms with Gasteiger partial charge in [0.2, 0.25) is 0 Å². The molecule has 0 aliphatic rings. The molecule has 154 valence electrons. The summed E-state index contributed by atoms with van der Waals surface area (Å²) in [6.07, 6.45) is 0.188. The predicted octanol–water partition coefficient (Wildman–Crippen LogP) is 3.73. The van der Waals surface area contributed by atoms with Crippen molar-refractivity contribution >= 4 is 12.1 Å². The summed E-state index contributed by atoms with van der Waals surface area (Å²) in [5.41, 5.74) is 3.05. The number of benzene rings is 3. The van der Waals surface area contributed by atoms with Crippen LogP contribution in [0.3, 0.4) is 0 Å². The van der Waals surface area contributed by atoms with Gasteiger partial charge in [-0.1, -0.05) is 36.4 Å². The van der Waals surface area contributed by atoms with Crippen LogP contribution in [0.1, 0.15) is 12.5 Å². The summed E-state index contributed by atoms with van der Waals surface area (Å²) >= 11 is 0. The van der Waals surface area contributed by atoms with Crippen LogP contribution in [0.15, 0.2) is 84.0 Å². The Morgan fingerprint density at radius 1 is 1.00 bits per heavy atom. The zero-order valence-corrected chi connectivity index (χ0v) is 16.4. The van der Waals surface area contributed by atoms with Gasteiger partial charge in [0.05, 0.1) is 12.8 Å². The van der Waals surface area contributed by atoms with Gasteiger partial charge >= 0.3 is 12.2 Å². The summed E-state index contributed by atoms with van der Waals surface area (Å²) in [4.78, 5) is 12.6. The molecular weight excluding hydrogens is 384 g/mol. The van der Waals surface area contributed by atoms with Crippen molar-refractivity contribution in [1.82, 2.24) is 5.43 Å². The van der Waals surface area contributed by atoms with Gasteiger partial charge in [0.15, 0.2) is 11.5 Å². The Kier molecular flexibility index (Phi) is 7.27. The zero-order valence-electron chi connectivity index (χ0n) is 16.4. The Bertz CT molecular complexity index is 936. The largest absolute Gasteiger partial charge is 0.504 e. The summed E-state index contributed by atoms with van der Waals surface area (Å²) in [6.45, 7) is 2.24. The lowest BCUT2D eigenvalue weighted by atomic mass is 10.2. The van der Waals surface area contributed by atoms with E-state index in [9.17, 15) is 9.90 Å². The zero-order chi connectivity index (χ0) is 21.2. The Morgan fingerprint density at radius 2 is 1.60 bits per heavy atom. The molecule has 0 saturated heterocycles. The second kappa shape index (κ2) is 10.5. The van der Waals surface area contributed by atoms with Crippen molar-refractivity contribution in [3.63, 3.8) is 0 Å². The van der Waals surface area contributed by atoms with Crippen molar-refractivity contribution in [2.45, 2.75) is 13.2 Å². The molecule has 0 aromatic heterocycles. The van der Waals surface area contributed by atoms with E-state index in [1.807, 2.05) is 19.1 Å². The molecule has 0 bridgehead atoms. The van der Waals surface area contributed by atoms with Crippen LogP contribution in [0.2, 0.25) is 0 Å². The molecule has 0 unspecified atom stereocenters. The normalized spacial score (nSPS) is 10.7. The molecule has 7 nitrogen and oxygen atoms in total. The van der Waals surface area contributed by atoms with Crippen LogP contribution in [0.25, 0.3) is 0 Å². The van der Waals surface area contributed by atoms with Crippen LogP contribution in [0.4, 0.5) is 0 Å². The maximum absolute atomic E-state index is 12.6. The second-order valence-corrected chi connectivity index (χ2v) is 6.09. The summed E-state index contributed by atoms with van der Waals surface area (Å²) < 4.78 is 16.7. The molecule has 0 radical (unpaired) electrons. The monoisotopic (exact) mass is 406 g/mol. The maximum atomic E-state index is 12.6. The SMILES string of the molecule is CCOc1cc(/C=N\NC(=O)C(Oc2ccccc2)Oc2ccccc2)ccc1O. The number of phenols is 1. The quantitative estimate of drug-likeness (QED) is 0.321. The average Bonchev–Trinajstić information content (AvgIpc) is 2.77. The fraction of sp³-hybridized carbons (Fsp3) is 0.130. The van der Waals surface area contributed by atoms with Crippen molar-refractivity contribution < 1.29 is 24.1 Å². The molecule has 2 N–H and O–H groups in total. The Morgan fingerprint density at radius 3 is 2.17 bits per heavy atom. The van der Waals surface area contributed by atoms with Crippen LogP contribution >= 0.6 is 0 Å². The van der Waals surface area contributed by atoms with Crippen molar-refractivity contribution in [3.8, 4) is 23.0 Å². The van der Waals surface area contributed by atoms with Crippen molar-refractivity contribution in [2.24, 2.45) is 5.10 Å². The predicted molar refractivity (Wildman–Crippen MR) is 113 cm³/mol. The first kappa shape index (κ1) is 20.7. The van der Waals surface area contributed by atoms with Gasteiger partial charge in [-0.2, -0.15) is 5.10 Å². The molecule has 0 saturated carbocycles. The van der Waals surface area contributed by atoms with Gasteiger partial charge < -0.3 is 19.3 Å². The number of nitrogens with one attached hydrogen (secondary N) is 1. The number of para-hydroxylation sites is 2. The fourth-order valence-corrected chi connectivity index (χ4v) is 2.48. The van der Waals surface area contributed by atoms with E-state index in [-0.39, 0.29) is 5.75 Å². The minimum Gasteiger partial charge on any atom is -0.504 e. The molecule has 3 rings (SSSR count). The molecule has 0 aliphatic heterocycles. The Balaban J connectivity index is 1.69. The molecule has 1 amide bonds. The van der Waals surface area contributed by atoms with Gasteiger partial charge in [-0.05, 0) is 55.0 Å². The number of phenolic OH excluding ortho intramolecular Hbond substituents is 1. The number of hydrogen-bond acceptors (Lipinski definition) is 6. The summed E-state index contributed by atoms with van der Waals surface area (Å²) in [5.74, 6) is 0.758. The van der Waals surface area contributed by atoms with E-state index < -0.39 is 12.2 Å². The smallest absolute Gasteiger partial charge is 0.323 e. The maximum Gasteiger partial charge on any atom is 0.323 e. The lowest BCUT2D eigenvalue weighted by Crippen LogP contribution is -2.40. The Labute approximate surface area is 174 Å². The standard InChI is InChI=1S/C23H22N2O5/c1-2-28-21-15-17(13-14-20(21)26)16-24-25-22(27)23(29-18-9-5-3-6-10-18)30-19-11-7-4-8-12-19/h3-16,23,26H,2H2,1H3,(H,25,27)/b24-16-. The third kappa shape index (κ3) is 6.00. The second-order valence-electron chi connectivity index (χ2n) is 6.09. The molecule has 0 spiro atoms. The minimum absolute atomic E-state index is 0.0330. The van der Waals surface area contributed by atoms with Crippen LogP contribution in [-0.2, 0) is 4.79 Å². The first-order valence-electron chi connectivity index (χ1n) is 9.38. The van der Waals surface area contributed by atoms with Gasteiger partial charge in [0, 0.05) is 0 Å². The van der Waals surface area contributed by atoms with Crippen LogP contribution in [0.5, 0.6) is 23.0 Å². The molecular formula is C23H22N2O5. The first-order valence-corrected chi connectivity index (χ1v) is 9.38. The molecule has 0 heterocycles. The third-order valence-electron chi connectivity index (χ3n) is 3.86. The number of ether oxygens (including phenoxy) is 3. The lowest BCUT2D eigenvalue weighted by molar-refractivity contribution is -0.140. The van der Waals surface area contributed by atoms with E-state index in [2.05, 4.69) is 10.5 Å². The number of nitrogens with zero attached hydrogens (tertiary/aromatic N) is 1. The number of rotatable bonds is 9. The van der Waals surface area contributed by atoms with E-state index in [0.717, 1.165) is 0 Å². The molecule has 7 heteroatoms. The van der Waals surface area contributed by atoms with E-state index in [1.54, 1.807) is 60.7 Å². The fourth-order valence-electron chi connectivity index (χ4n) is 2.48. The lowest BCUT2D eigenvalue weighted by Gasteiger charge is -2.18. The Hall–Kier alpha value is -4.00. The van der Waals surface area contributed by atoms with E-state index in [1.165, 1.54) is 12.3 Å². The topological polar surface area (TPSA) is 89.4 Å². The highest BCUT2D eigenvalue weighted by Crippen LogP contribution is 2.26. The van der Waals surface area contributed by atoms with Gasteiger partial charge in [-0.25, -0.2) is 5.43 Å². The first-order chi connectivity index (χ1) is 14.7. The van der Waals surface area contributed by atoms with E-state index in [0.29, 0.717) is 29.4 Å². The van der Waals surface area contributed by atoms with Gasteiger partial charge in [-0.3, -0.25) is 4.79 Å². The average molecular weight is 406 g/mol. The molecule has 0 fully saturated rings. The van der Waals surface area contributed by atoms with Crippen LogP contribution < -0.4 is 19.6 Å². The van der Waals surface area contributed by atoms with E-state index in [4.69, 9.17) is 14.2 Å². The van der Waals surface area contributed by atoms with Crippen molar-refractivity contribution in [3.05, 3.63) is 84.4 Å². The van der Waals surface area contributed by atoms with Crippen molar-refractivity contribution in [2.75, 3.05) is 6.61 Å². The molecule has 30 heavy (non-hydrogen) atoms. The van der Waals surface area contributed by atoms with Gasteiger partial charge in [0.1, 0.15) is 11.5 Å². The number of carbonyl (C=O) groups is 1. The third-order valence-corrected chi connectivity index (χ3v) is 3.86. The number of aromatic hydroxyl groups is 1. The summed E-state index contributed by atoms with van der Waals surface area (Å²) in [5, 5.41) is 13.7. The number of amides is 1.